The number of nitrogens with zero attached hydrogens (tertiary/aromatic N) is 1. The van der Waals surface area contributed by atoms with Crippen LogP contribution >= 0.6 is 23.2 Å². The second-order valence-corrected chi connectivity index (χ2v) is 7.51. The van der Waals surface area contributed by atoms with Crippen LogP contribution in [-0.2, 0) is 22.6 Å². The summed E-state index contributed by atoms with van der Waals surface area (Å²) in [6, 6.07) is 9.56. The highest BCUT2D eigenvalue weighted by molar-refractivity contribution is 6.32. The molecule has 0 saturated carbocycles. The highest BCUT2D eigenvalue weighted by Gasteiger charge is 2.28. The first-order valence-corrected chi connectivity index (χ1v) is 9.46. The maximum absolute atomic E-state index is 13.0. The fraction of sp³-hybridized carbons (Fsp3) is 0.200. The third kappa shape index (κ3) is 3.35. The van der Waals surface area contributed by atoms with Gasteiger partial charge in [0, 0.05) is 28.2 Å². The lowest BCUT2D eigenvalue weighted by atomic mass is 10.0. The minimum absolute atomic E-state index is 0.172. The summed E-state index contributed by atoms with van der Waals surface area (Å²) in [5, 5.41) is 2.05. The van der Waals surface area contributed by atoms with Crippen LogP contribution in [-0.4, -0.2) is 28.8 Å². The van der Waals surface area contributed by atoms with E-state index in [1.54, 1.807) is 17.0 Å². The molecular formula is C20H17Cl2N3O3. The summed E-state index contributed by atoms with van der Waals surface area (Å²) in [5.41, 5.74) is 9.90. The molecule has 1 aliphatic rings. The normalized spacial score (nSPS) is 14.6. The number of carbonyl (C=O) groups is 2. The van der Waals surface area contributed by atoms with Gasteiger partial charge < -0.3 is 20.4 Å². The molecule has 0 fully saturated rings. The van der Waals surface area contributed by atoms with Crippen LogP contribution in [0.5, 0.6) is 5.75 Å². The maximum Gasteiger partial charge on any atom is 0.298 e. The first-order valence-electron chi connectivity index (χ1n) is 8.71. The molecule has 1 aliphatic heterocycles. The number of fused-ring (bicyclic) bond motifs is 3. The van der Waals surface area contributed by atoms with Crippen LogP contribution < -0.4 is 10.5 Å². The van der Waals surface area contributed by atoms with Gasteiger partial charge in [0.2, 0.25) is 5.91 Å². The minimum Gasteiger partial charge on any atom is -0.427 e. The lowest BCUT2D eigenvalue weighted by Crippen LogP contribution is -2.41. The summed E-state index contributed by atoms with van der Waals surface area (Å²) in [6.07, 6.45) is 0.717. The molecule has 3 N–H and O–H groups in total. The van der Waals surface area contributed by atoms with Crippen molar-refractivity contribution in [2.24, 2.45) is 5.73 Å². The Morgan fingerprint density at radius 3 is 2.86 bits per heavy atom. The van der Waals surface area contributed by atoms with Crippen molar-refractivity contribution < 1.29 is 14.3 Å². The van der Waals surface area contributed by atoms with Crippen molar-refractivity contribution in [1.29, 1.82) is 0 Å². The van der Waals surface area contributed by atoms with Crippen LogP contribution in [0.2, 0.25) is 10.0 Å². The van der Waals surface area contributed by atoms with Crippen molar-refractivity contribution >= 4 is 46.5 Å². The van der Waals surface area contributed by atoms with E-state index < -0.39 is 6.04 Å². The number of hydrogen-bond acceptors (Lipinski definition) is 4. The Morgan fingerprint density at radius 2 is 2.07 bits per heavy atom. The molecule has 0 radical (unpaired) electrons. The molecule has 28 heavy (non-hydrogen) atoms. The Morgan fingerprint density at radius 1 is 1.25 bits per heavy atom. The number of nitrogens with two attached hydrogens (primary N) is 1. The molecule has 1 unspecified atom stereocenters. The number of benzene rings is 2. The van der Waals surface area contributed by atoms with Gasteiger partial charge >= 0.3 is 0 Å². The van der Waals surface area contributed by atoms with Crippen molar-refractivity contribution in [3.05, 3.63) is 63.3 Å². The molecule has 144 valence electrons. The van der Waals surface area contributed by atoms with Gasteiger partial charge in [-0.05, 0) is 47.9 Å². The monoisotopic (exact) mass is 417 g/mol. The number of halogens is 2. The van der Waals surface area contributed by atoms with E-state index in [1.165, 1.54) is 11.6 Å². The van der Waals surface area contributed by atoms with Gasteiger partial charge in [-0.1, -0.05) is 29.3 Å². The van der Waals surface area contributed by atoms with Crippen LogP contribution in [0, 0.1) is 0 Å². The number of aromatic nitrogens is 1. The molecule has 2 heterocycles. The van der Waals surface area contributed by atoms with Gasteiger partial charge in [-0.15, -0.1) is 0 Å². The van der Waals surface area contributed by atoms with Gasteiger partial charge in [0.15, 0.2) is 0 Å². The number of amides is 1. The van der Waals surface area contributed by atoms with Gasteiger partial charge in [-0.2, -0.15) is 0 Å². The summed E-state index contributed by atoms with van der Waals surface area (Å²) in [6.45, 7) is 1.29. The van der Waals surface area contributed by atoms with Crippen molar-refractivity contribution in [2.75, 3.05) is 6.54 Å². The number of rotatable bonds is 4. The van der Waals surface area contributed by atoms with E-state index in [9.17, 15) is 9.59 Å². The minimum atomic E-state index is -0.883. The largest absolute Gasteiger partial charge is 0.427 e. The lowest BCUT2D eigenvalue weighted by molar-refractivity contribution is -0.133. The van der Waals surface area contributed by atoms with E-state index in [2.05, 4.69) is 4.98 Å². The average molecular weight is 418 g/mol. The van der Waals surface area contributed by atoms with Crippen molar-refractivity contribution in [1.82, 2.24) is 9.88 Å². The summed E-state index contributed by atoms with van der Waals surface area (Å²) >= 11 is 12.1. The molecule has 8 heteroatoms. The van der Waals surface area contributed by atoms with Crippen LogP contribution in [0.3, 0.4) is 0 Å². The molecule has 1 aromatic heterocycles. The quantitative estimate of drug-likeness (QED) is 0.634. The number of aromatic amines is 1. The van der Waals surface area contributed by atoms with Crippen LogP contribution in [0.15, 0.2) is 36.4 Å². The zero-order chi connectivity index (χ0) is 19.8. The molecule has 0 bridgehead atoms. The van der Waals surface area contributed by atoms with E-state index in [0.717, 1.165) is 16.6 Å². The number of nitrogens with one attached hydrogen (secondary N) is 1. The van der Waals surface area contributed by atoms with Gasteiger partial charge in [0.05, 0.1) is 11.6 Å². The first-order chi connectivity index (χ1) is 13.5. The van der Waals surface area contributed by atoms with Gasteiger partial charge in [0.25, 0.3) is 6.47 Å². The first kappa shape index (κ1) is 18.8. The van der Waals surface area contributed by atoms with Crippen LogP contribution in [0.1, 0.15) is 22.9 Å². The standard InChI is InChI=1S/C20H17Cl2N3O3/c21-12-2-4-16-14(8-12)13-5-6-25(9-17(13)24-16)20(27)19(23)11-1-3-15(22)18(7-11)28-10-26/h1-4,7-8,10,19,24H,5-6,9,23H2. The maximum atomic E-state index is 13.0. The highest BCUT2D eigenvalue weighted by atomic mass is 35.5. The van der Waals surface area contributed by atoms with Gasteiger partial charge in [-0.25, -0.2) is 0 Å². The molecule has 6 nitrogen and oxygen atoms in total. The molecule has 1 amide bonds. The van der Waals surface area contributed by atoms with Crippen LogP contribution in [0.4, 0.5) is 0 Å². The zero-order valence-electron chi connectivity index (χ0n) is 14.7. The number of ether oxygens (including phenoxy) is 1. The highest BCUT2D eigenvalue weighted by Crippen LogP contribution is 2.31. The molecule has 0 aliphatic carbocycles. The Kier molecular flexibility index (Phi) is 5.02. The predicted octanol–water partition coefficient (Wildman–Crippen LogP) is 3.59. The van der Waals surface area contributed by atoms with Crippen molar-refractivity contribution in [3.63, 3.8) is 0 Å². The van der Waals surface area contributed by atoms with E-state index in [-0.39, 0.29) is 23.2 Å². The second-order valence-electron chi connectivity index (χ2n) is 6.66. The van der Waals surface area contributed by atoms with Gasteiger partial charge in [0.1, 0.15) is 11.8 Å². The number of H-pyrrole nitrogens is 1. The lowest BCUT2D eigenvalue weighted by Gasteiger charge is -2.29. The Labute approximate surface area is 171 Å². The van der Waals surface area contributed by atoms with Gasteiger partial charge in [-0.3, -0.25) is 9.59 Å². The van der Waals surface area contributed by atoms with E-state index in [4.69, 9.17) is 33.7 Å². The van der Waals surface area contributed by atoms with Crippen LogP contribution in [0.25, 0.3) is 10.9 Å². The summed E-state index contributed by atoms with van der Waals surface area (Å²) in [5.74, 6) is -0.0347. The molecule has 0 saturated heterocycles. The second kappa shape index (κ2) is 7.47. The zero-order valence-corrected chi connectivity index (χ0v) is 16.3. The fourth-order valence-corrected chi connectivity index (χ4v) is 3.93. The summed E-state index contributed by atoms with van der Waals surface area (Å²) in [7, 11) is 0. The van der Waals surface area contributed by atoms with E-state index in [1.807, 2.05) is 18.2 Å². The Balaban J connectivity index is 1.57. The SMILES string of the molecule is NC(C(=O)N1CCc2c([nH]c3ccc(Cl)cc23)C1)c1ccc(Cl)c(OC=O)c1. The number of carbonyl (C=O) groups excluding carboxylic acids is 2. The summed E-state index contributed by atoms with van der Waals surface area (Å²) < 4.78 is 4.83. The molecule has 0 spiro atoms. The molecule has 4 rings (SSSR count). The van der Waals surface area contributed by atoms with Crippen molar-refractivity contribution in [2.45, 2.75) is 19.0 Å². The smallest absolute Gasteiger partial charge is 0.298 e. The third-order valence-electron chi connectivity index (χ3n) is 5.00. The third-order valence-corrected chi connectivity index (χ3v) is 5.55. The average Bonchev–Trinajstić information content (AvgIpc) is 3.05. The molecular weight excluding hydrogens is 401 g/mol. The Hall–Kier alpha value is -2.54. The van der Waals surface area contributed by atoms with Crippen molar-refractivity contribution in [3.8, 4) is 5.75 Å². The Bertz CT molecular complexity index is 1080. The number of hydrogen-bond donors (Lipinski definition) is 2. The molecule has 2 aromatic carbocycles. The van der Waals surface area contributed by atoms with E-state index >= 15 is 0 Å². The van der Waals surface area contributed by atoms with E-state index in [0.29, 0.717) is 30.1 Å². The predicted molar refractivity (Wildman–Crippen MR) is 108 cm³/mol. The summed E-state index contributed by atoms with van der Waals surface area (Å²) in [4.78, 5) is 28.6. The molecule has 3 aromatic rings. The molecule has 1 atom stereocenters. The topological polar surface area (TPSA) is 88.4 Å². The fourth-order valence-electron chi connectivity index (χ4n) is 3.60.